The molecule has 0 spiro atoms. The average Bonchev–Trinajstić information content (AvgIpc) is 2.39. The highest BCUT2D eigenvalue weighted by Gasteiger charge is 2.23. The second-order valence-corrected chi connectivity index (χ2v) is 3.03. The minimum atomic E-state index is 0.399. The van der Waals surface area contributed by atoms with Crippen molar-refractivity contribution in [3.05, 3.63) is 17.9 Å². The van der Waals surface area contributed by atoms with Gasteiger partial charge in [-0.05, 0) is 24.3 Å². The van der Waals surface area contributed by atoms with Crippen LogP contribution in [-0.4, -0.2) is 5.78 Å². The summed E-state index contributed by atoms with van der Waals surface area (Å²) >= 11 is 0. The van der Waals surface area contributed by atoms with E-state index in [0.29, 0.717) is 11.7 Å². The number of Topliss-reactive ketones (excluding diaryl/α,β-unsaturated/α-hetero) is 1. The van der Waals surface area contributed by atoms with Crippen molar-refractivity contribution in [2.45, 2.75) is 32.6 Å². The molecule has 1 heteroatoms. The first-order valence-electron chi connectivity index (χ1n) is 4.18. The highest BCUT2D eigenvalue weighted by Crippen LogP contribution is 2.29. The van der Waals surface area contributed by atoms with Crippen molar-refractivity contribution in [1.82, 2.24) is 0 Å². The fourth-order valence-corrected chi connectivity index (χ4v) is 1.67. The third kappa shape index (κ3) is 1.81. The number of ketones is 1. The molecule has 1 fully saturated rings. The first-order valence-corrected chi connectivity index (χ1v) is 4.18. The Hall–Kier alpha value is -0.810. The van der Waals surface area contributed by atoms with Crippen LogP contribution < -0.4 is 0 Å². The van der Waals surface area contributed by atoms with Crippen molar-refractivity contribution in [1.29, 1.82) is 0 Å². The lowest BCUT2D eigenvalue weighted by Gasteiger charge is -2.07. The molecule has 0 radical (unpaired) electrons. The van der Waals surface area contributed by atoms with Crippen molar-refractivity contribution >= 4 is 5.78 Å². The predicted octanol–water partition coefficient (Wildman–Crippen LogP) is 2.48. The highest BCUT2D eigenvalue weighted by molar-refractivity contribution is 5.81. The van der Waals surface area contributed by atoms with Crippen LogP contribution in [0.5, 0.6) is 0 Å². The fourth-order valence-electron chi connectivity index (χ4n) is 1.67. The van der Waals surface area contributed by atoms with E-state index in [1.165, 1.54) is 5.57 Å². The largest absolute Gasteiger partial charge is 0.300 e. The first-order chi connectivity index (χ1) is 5.27. The van der Waals surface area contributed by atoms with Crippen LogP contribution in [-0.2, 0) is 4.79 Å². The summed E-state index contributed by atoms with van der Waals surface area (Å²) in [5, 5.41) is 0. The Balaban J connectivity index is 2.62. The van der Waals surface area contributed by atoms with E-state index in [9.17, 15) is 4.79 Å². The van der Waals surface area contributed by atoms with Gasteiger partial charge in [0.25, 0.3) is 0 Å². The first kappa shape index (κ1) is 8.29. The Morgan fingerprint density at radius 1 is 1.82 bits per heavy atom. The topological polar surface area (TPSA) is 17.1 Å². The zero-order valence-corrected chi connectivity index (χ0v) is 7.02. The molecule has 0 aromatic heterocycles. The Morgan fingerprint density at radius 3 is 2.91 bits per heavy atom. The number of carbonyl (C=O) groups excluding carboxylic acids is 1. The molecule has 1 aliphatic carbocycles. The van der Waals surface area contributed by atoms with Gasteiger partial charge in [0.2, 0.25) is 0 Å². The SMILES string of the molecule is C=C=C(CC)C1CCC(=O)C1. The predicted molar refractivity (Wildman–Crippen MR) is 45.3 cm³/mol. The summed E-state index contributed by atoms with van der Waals surface area (Å²) < 4.78 is 0. The van der Waals surface area contributed by atoms with Gasteiger partial charge in [-0.25, -0.2) is 0 Å². The van der Waals surface area contributed by atoms with Gasteiger partial charge >= 0.3 is 0 Å². The number of hydrogen-bond donors (Lipinski definition) is 0. The molecule has 1 aliphatic rings. The van der Waals surface area contributed by atoms with E-state index in [1.54, 1.807) is 0 Å². The third-order valence-electron chi connectivity index (χ3n) is 2.35. The summed E-state index contributed by atoms with van der Waals surface area (Å²) in [7, 11) is 0. The molecule has 0 saturated heterocycles. The summed E-state index contributed by atoms with van der Waals surface area (Å²) in [5.41, 5.74) is 4.16. The molecule has 1 saturated carbocycles. The molecule has 0 N–H and O–H groups in total. The van der Waals surface area contributed by atoms with Crippen molar-refractivity contribution < 1.29 is 4.79 Å². The Morgan fingerprint density at radius 2 is 2.55 bits per heavy atom. The molecule has 1 unspecified atom stereocenters. The molecule has 0 bridgehead atoms. The van der Waals surface area contributed by atoms with Crippen molar-refractivity contribution in [3.8, 4) is 0 Å². The number of carbonyl (C=O) groups is 1. The highest BCUT2D eigenvalue weighted by atomic mass is 16.1. The van der Waals surface area contributed by atoms with E-state index >= 15 is 0 Å². The zero-order chi connectivity index (χ0) is 8.27. The van der Waals surface area contributed by atoms with E-state index in [1.807, 2.05) is 0 Å². The molecular weight excluding hydrogens is 136 g/mol. The van der Waals surface area contributed by atoms with Gasteiger partial charge in [0.15, 0.2) is 0 Å². The van der Waals surface area contributed by atoms with Crippen LogP contribution in [0, 0.1) is 5.92 Å². The van der Waals surface area contributed by atoms with Crippen LogP contribution in [0.25, 0.3) is 0 Å². The molecule has 60 valence electrons. The molecular formula is C10H14O. The number of rotatable bonds is 2. The zero-order valence-electron chi connectivity index (χ0n) is 7.02. The molecule has 0 amide bonds. The van der Waals surface area contributed by atoms with Crippen LogP contribution in [0.3, 0.4) is 0 Å². The number of allylic oxidation sites excluding steroid dienone is 1. The van der Waals surface area contributed by atoms with Crippen LogP contribution >= 0.6 is 0 Å². The van der Waals surface area contributed by atoms with Gasteiger partial charge in [0, 0.05) is 12.8 Å². The summed E-state index contributed by atoms with van der Waals surface area (Å²) in [6.07, 6.45) is 3.49. The van der Waals surface area contributed by atoms with Crippen LogP contribution in [0.15, 0.2) is 17.9 Å². The lowest BCUT2D eigenvalue weighted by Crippen LogP contribution is -1.97. The van der Waals surface area contributed by atoms with Crippen LogP contribution in [0.1, 0.15) is 32.6 Å². The molecule has 11 heavy (non-hydrogen) atoms. The van der Waals surface area contributed by atoms with Gasteiger partial charge in [-0.1, -0.05) is 13.5 Å². The maximum absolute atomic E-state index is 10.9. The fraction of sp³-hybridized carbons (Fsp3) is 0.600. The Bertz CT molecular complexity index is 209. The van der Waals surface area contributed by atoms with Gasteiger partial charge in [-0.3, -0.25) is 4.79 Å². The molecule has 0 aromatic rings. The summed E-state index contributed by atoms with van der Waals surface area (Å²) in [5.74, 6) is 0.862. The Kier molecular flexibility index (Phi) is 2.67. The van der Waals surface area contributed by atoms with Crippen molar-refractivity contribution in [2.75, 3.05) is 0 Å². The normalized spacial score (nSPS) is 23.4. The summed E-state index contributed by atoms with van der Waals surface area (Å²) in [6, 6.07) is 0. The molecule has 0 aromatic carbocycles. The van der Waals surface area contributed by atoms with Crippen molar-refractivity contribution in [2.24, 2.45) is 5.92 Å². The second kappa shape index (κ2) is 3.54. The van der Waals surface area contributed by atoms with E-state index in [-0.39, 0.29) is 0 Å². The second-order valence-electron chi connectivity index (χ2n) is 3.03. The van der Waals surface area contributed by atoms with Crippen molar-refractivity contribution in [3.63, 3.8) is 0 Å². The quantitative estimate of drug-likeness (QED) is 0.553. The van der Waals surface area contributed by atoms with Gasteiger partial charge < -0.3 is 0 Å². The summed E-state index contributed by atoms with van der Waals surface area (Å²) in [4.78, 5) is 10.9. The van der Waals surface area contributed by atoms with E-state index in [2.05, 4.69) is 19.2 Å². The molecule has 1 atom stereocenters. The molecule has 1 rings (SSSR count). The Labute approximate surface area is 67.8 Å². The third-order valence-corrected chi connectivity index (χ3v) is 2.35. The smallest absolute Gasteiger partial charge is 0.133 e. The van der Waals surface area contributed by atoms with Crippen LogP contribution in [0.2, 0.25) is 0 Å². The lowest BCUT2D eigenvalue weighted by atomic mass is 9.96. The van der Waals surface area contributed by atoms with Gasteiger partial charge in [0.1, 0.15) is 5.78 Å². The summed E-state index contributed by atoms with van der Waals surface area (Å²) in [6.45, 7) is 5.72. The van der Waals surface area contributed by atoms with Gasteiger partial charge in [-0.15, -0.1) is 5.73 Å². The van der Waals surface area contributed by atoms with Crippen LogP contribution in [0.4, 0.5) is 0 Å². The minimum Gasteiger partial charge on any atom is -0.300 e. The molecule has 1 nitrogen and oxygen atoms in total. The van der Waals surface area contributed by atoms with Gasteiger partial charge in [-0.2, -0.15) is 0 Å². The monoisotopic (exact) mass is 150 g/mol. The van der Waals surface area contributed by atoms with Gasteiger partial charge in [0.05, 0.1) is 0 Å². The van der Waals surface area contributed by atoms with E-state index < -0.39 is 0 Å². The maximum Gasteiger partial charge on any atom is 0.133 e. The van der Waals surface area contributed by atoms with E-state index in [4.69, 9.17) is 0 Å². The lowest BCUT2D eigenvalue weighted by molar-refractivity contribution is -0.117. The molecule has 0 aliphatic heterocycles. The standard InChI is InChI=1S/C10H14O/c1-3-8(4-2)9-5-6-10(11)7-9/h9H,1,4-7H2,2H3. The molecule has 0 heterocycles. The number of hydrogen-bond acceptors (Lipinski definition) is 1. The average molecular weight is 150 g/mol. The minimum absolute atomic E-state index is 0.399. The maximum atomic E-state index is 10.9. The van der Waals surface area contributed by atoms with E-state index in [0.717, 1.165) is 25.7 Å².